The molecule has 2 heterocycles. The van der Waals surface area contributed by atoms with Gasteiger partial charge < -0.3 is 23.1 Å². The monoisotopic (exact) mass is 804 g/mol. The van der Waals surface area contributed by atoms with Crippen LogP contribution >= 0.6 is 0 Å². The first-order valence-electron chi connectivity index (χ1n) is 19.5. The van der Waals surface area contributed by atoms with Crippen molar-refractivity contribution in [1.82, 2.24) is 19.3 Å². The van der Waals surface area contributed by atoms with E-state index >= 15 is 0 Å². The van der Waals surface area contributed by atoms with E-state index in [1.807, 2.05) is 109 Å². The van der Waals surface area contributed by atoms with Crippen LogP contribution in [0.15, 0.2) is 109 Å². The van der Waals surface area contributed by atoms with Crippen molar-refractivity contribution in [1.29, 1.82) is 0 Å². The van der Waals surface area contributed by atoms with Gasteiger partial charge in [-0.1, -0.05) is 78.0 Å². The largest absolute Gasteiger partial charge is 0.497 e. The average Bonchev–Trinajstić information content (AvgIpc) is 3.65. The molecule has 0 radical (unpaired) electrons. The third kappa shape index (κ3) is 9.84. The van der Waals surface area contributed by atoms with Gasteiger partial charge in [0.15, 0.2) is 0 Å². The predicted molar refractivity (Wildman–Crippen MR) is 220 cm³/mol. The van der Waals surface area contributed by atoms with Gasteiger partial charge in [-0.25, -0.2) is 4.68 Å². The number of benzene rings is 5. The Morgan fingerprint density at radius 1 is 0.862 bits per heavy atom. The first kappa shape index (κ1) is 40.4. The van der Waals surface area contributed by atoms with Crippen molar-refractivity contribution >= 4 is 27.3 Å². The van der Waals surface area contributed by atoms with Crippen LogP contribution in [0.4, 0.5) is 0 Å². The minimum atomic E-state index is -4.08. The summed E-state index contributed by atoms with van der Waals surface area (Å²) < 4.78 is 58.0. The highest BCUT2D eigenvalue weighted by Gasteiger charge is 2.32. The third-order valence-electron chi connectivity index (χ3n) is 10.2. The Hall–Kier alpha value is -5.76. The van der Waals surface area contributed by atoms with E-state index in [0.717, 1.165) is 63.0 Å². The van der Waals surface area contributed by atoms with Gasteiger partial charge in [0.25, 0.3) is 0 Å². The molecule has 0 N–H and O–H groups in total. The first-order chi connectivity index (χ1) is 28.2. The number of unbranched alkanes of at least 4 members (excludes halogenated alkanes) is 1. The van der Waals surface area contributed by atoms with Crippen LogP contribution in [0.5, 0.6) is 17.2 Å². The molecule has 58 heavy (non-hydrogen) atoms. The molecule has 12 nitrogen and oxygen atoms in total. The van der Waals surface area contributed by atoms with Crippen molar-refractivity contribution in [3.05, 3.63) is 148 Å². The highest BCUT2D eigenvalue weighted by atomic mass is 32.2. The fourth-order valence-corrected chi connectivity index (χ4v) is 8.27. The molecule has 1 atom stereocenters. The lowest BCUT2D eigenvalue weighted by atomic mass is 9.85. The van der Waals surface area contributed by atoms with Gasteiger partial charge in [-0.2, -0.15) is 12.7 Å². The Labute approximate surface area is 339 Å². The molecule has 0 fully saturated rings. The van der Waals surface area contributed by atoms with Crippen LogP contribution in [0.2, 0.25) is 0 Å². The third-order valence-corrected chi connectivity index (χ3v) is 11.5. The number of aromatic nitrogens is 3. The summed E-state index contributed by atoms with van der Waals surface area (Å²) in [4.78, 5) is 13.1. The van der Waals surface area contributed by atoms with E-state index in [0.29, 0.717) is 37.7 Å². The van der Waals surface area contributed by atoms with E-state index in [-0.39, 0.29) is 43.8 Å². The number of carbonyl (C=O) groups excluding carboxylic acids is 1. The normalized spacial score (nSPS) is 14.1. The molecule has 1 aliphatic heterocycles. The van der Waals surface area contributed by atoms with Crippen LogP contribution in [-0.4, -0.2) is 54.0 Å². The molecule has 13 heteroatoms. The van der Waals surface area contributed by atoms with Gasteiger partial charge >= 0.3 is 16.3 Å². The summed E-state index contributed by atoms with van der Waals surface area (Å²) in [6.45, 7) is 6.46. The van der Waals surface area contributed by atoms with Gasteiger partial charge in [0, 0.05) is 37.7 Å². The van der Waals surface area contributed by atoms with Crippen molar-refractivity contribution in [2.24, 2.45) is 0 Å². The number of esters is 1. The molecule has 1 unspecified atom stereocenters. The number of carbonyl (C=O) groups is 1. The van der Waals surface area contributed by atoms with E-state index in [1.54, 1.807) is 26.2 Å². The second-order valence-electron chi connectivity index (χ2n) is 14.2. The zero-order valence-electron chi connectivity index (χ0n) is 33.0. The number of aryl methyl sites for hydroxylation is 2. The molecule has 302 valence electrons. The molecule has 0 saturated carbocycles. The average molecular weight is 805 g/mol. The fourth-order valence-electron chi connectivity index (χ4n) is 7.17. The van der Waals surface area contributed by atoms with Gasteiger partial charge in [0.2, 0.25) is 0 Å². The zero-order chi connectivity index (χ0) is 40.5. The van der Waals surface area contributed by atoms with Crippen molar-refractivity contribution in [2.45, 2.75) is 71.9 Å². The number of methoxy groups -OCH3 is 1. The van der Waals surface area contributed by atoms with E-state index in [1.165, 1.54) is 4.31 Å². The van der Waals surface area contributed by atoms with Gasteiger partial charge in [0.1, 0.15) is 29.4 Å². The lowest BCUT2D eigenvalue weighted by molar-refractivity contribution is -0.143. The Morgan fingerprint density at radius 3 is 2.43 bits per heavy atom. The van der Waals surface area contributed by atoms with Gasteiger partial charge in [-0.15, -0.1) is 5.10 Å². The summed E-state index contributed by atoms with van der Waals surface area (Å²) in [5.74, 6) is 1.01. The minimum Gasteiger partial charge on any atom is -0.497 e. The number of ether oxygens (including phenoxy) is 4. The smallest absolute Gasteiger partial charge is 0.385 e. The van der Waals surface area contributed by atoms with E-state index < -0.39 is 10.3 Å². The molecular weight excluding hydrogens is 757 g/mol. The van der Waals surface area contributed by atoms with Crippen LogP contribution in [0.3, 0.4) is 0 Å². The summed E-state index contributed by atoms with van der Waals surface area (Å²) in [5, 5.41) is 9.04. The molecule has 0 spiro atoms. The number of hydrogen-bond donors (Lipinski definition) is 0. The minimum absolute atomic E-state index is 0.0652. The van der Waals surface area contributed by atoms with Crippen molar-refractivity contribution in [3.8, 4) is 17.2 Å². The highest BCUT2D eigenvalue weighted by Crippen LogP contribution is 2.36. The Kier molecular flexibility index (Phi) is 13.0. The number of fused-ring (bicyclic) bond motifs is 2. The van der Waals surface area contributed by atoms with Gasteiger partial charge in [-0.3, -0.25) is 4.79 Å². The maximum absolute atomic E-state index is 13.3. The zero-order valence-corrected chi connectivity index (χ0v) is 33.8. The molecule has 1 aliphatic rings. The molecule has 0 bridgehead atoms. The van der Waals surface area contributed by atoms with Crippen molar-refractivity contribution in [2.75, 3.05) is 20.3 Å². The van der Waals surface area contributed by atoms with Crippen LogP contribution < -0.4 is 13.7 Å². The molecule has 1 aromatic heterocycles. The van der Waals surface area contributed by atoms with Crippen LogP contribution in [-0.2, 0) is 57.4 Å². The summed E-state index contributed by atoms with van der Waals surface area (Å²) in [5.41, 5.74) is 7.93. The fraction of sp³-hybridized carbons (Fsp3) is 0.311. The predicted octanol–water partition coefficient (Wildman–Crippen LogP) is 8.05. The lowest BCUT2D eigenvalue weighted by Gasteiger charge is -2.28. The molecule has 7 rings (SSSR count). The molecule has 0 aliphatic carbocycles. The topological polar surface area (TPSA) is 131 Å². The second kappa shape index (κ2) is 18.7. The summed E-state index contributed by atoms with van der Waals surface area (Å²) in [6, 6.07) is 34.6. The molecule has 5 aromatic carbocycles. The molecule has 6 aromatic rings. The van der Waals surface area contributed by atoms with Crippen LogP contribution in [0, 0.1) is 6.92 Å². The quantitative estimate of drug-likeness (QED) is 0.0621. The SMILES string of the molecule is CCOC(=O)CC(c1cccc(CN2Cc3cc(OCc4ccccc4)ccc3OS2(=O)=O)c1)c1ccc2c(nnn2CCCCOCc2ccc(OC)cc2)c1C. The number of rotatable bonds is 18. The van der Waals surface area contributed by atoms with E-state index in [2.05, 4.69) is 10.3 Å². The van der Waals surface area contributed by atoms with Gasteiger partial charge in [-0.05, 0) is 96.5 Å². The summed E-state index contributed by atoms with van der Waals surface area (Å²) in [7, 11) is -2.43. The Bertz CT molecular complexity index is 2440. The summed E-state index contributed by atoms with van der Waals surface area (Å²) >= 11 is 0. The molecular formula is C45H48N4O8S. The Morgan fingerprint density at radius 2 is 1.64 bits per heavy atom. The van der Waals surface area contributed by atoms with Crippen molar-refractivity contribution < 1.29 is 36.3 Å². The van der Waals surface area contributed by atoms with Crippen LogP contribution in [0.1, 0.15) is 71.0 Å². The van der Waals surface area contributed by atoms with E-state index in [4.69, 9.17) is 23.1 Å². The van der Waals surface area contributed by atoms with Gasteiger partial charge in [0.05, 0.1) is 32.3 Å². The Balaban J connectivity index is 1.04. The maximum atomic E-state index is 13.3. The summed E-state index contributed by atoms with van der Waals surface area (Å²) in [6.07, 6.45) is 1.83. The lowest BCUT2D eigenvalue weighted by Crippen LogP contribution is -2.37. The highest BCUT2D eigenvalue weighted by molar-refractivity contribution is 7.84. The number of nitrogens with zero attached hydrogens (tertiary/aromatic N) is 4. The second-order valence-corrected chi connectivity index (χ2v) is 15.8. The van der Waals surface area contributed by atoms with Crippen molar-refractivity contribution in [3.63, 3.8) is 0 Å². The maximum Gasteiger partial charge on any atom is 0.385 e. The van der Waals surface area contributed by atoms with E-state index in [9.17, 15) is 13.2 Å². The standard InChI is InChI=1S/C45H48N4O8S/c1-4-55-44(50)27-41(40-20-21-42-45(32(40)2)46-47-49(42)23-8-9-24-54-30-34-15-17-38(53-3)18-16-34)36-14-10-13-35(25-36)28-48-29-37-26-39(19-22-43(37)57-58(48,51)52)56-31-33-11-6-5-7-12-33/h5-7,10-22,25-26,41H,4,8-9,23-24,27-31H2,1-3H3. The molecule has 0 amide bonds. The van der Waals surface area contributed by atoms with Crippen LogP contribution in [0.25, 0.3) is 11.0 Å². The first-order valence-corrected chi connectivity index (χ1v) is 20.8. The molecule has 0 saturated heterocycles. The number of hydrogen-bond acceptors (Lipinski definition) is 10.